The zero-order valence-corrected chi connectivity index (χ0v) is 30.8. The minimum atomic E-state index is -2.59. The number of anilines is 3. The second-order valence-corrected chi connectivity index (χ2v) is 18.9. The standard InChI is InChI=1S/C51H37NSi/c1-51(2)45-20-10-6-16-39(45)44-32-37(29-31-46(44)51)52(36-26-24-35(25-27-36)34-14-4-3-5-15-34)38-28-30-43-42-19-9-13-23-49(42)53(50(43)33-38)47-21-11-7-17-40(47)41-18-8-12-22-48(41)53/h3-33H,1-2H3. The van der Waals surface area contributed by atoms with E-state index >= 15 is 0 Å². The van der Waals surface area contributed by atoms with Crippen LogP contribution in [0, 0.1) is 0 Å². The third kappa shape index (κ3) is 4.13. The van der Waals surface area contributed by atoms with Gasteiger partial charge in [-0.3, -0.25) is 0 Å². The van der Waals surface area contributed by atoms with Crippen LogP contribution >= 0.6 is 0 Å². The van der Waals surface area contributed by atoms with Gasteiger partial charge < -0.3 is 4.90 Å². The van der Waals surface area contributed by atoms with Crippen LogP contribution in [-0.2, 0) is 5.41 Å². The highest BCUT2D eigenvalue weighted by atomic mass is 28.3. The molecule has 0 saturated heterocycles. The minimum absolute atomic E-state index is 0.0484. The van der Waals surface area contributed by atoms with E-state index in [1.807, 2.05) is 0 Å². The summed E-state index contributed by atoms with van der Waals surface area (Å²) in [6.07, 6.45) is 0. The van der Waals surface area contributed by atoms with Gasteiger partial charge in [-0.1, -0.05) is 166 Å². The van der Waals surface area contributed by atoms with E-state index in [1.165, 1.54) is 87.8 Å². The number of nitrogens with zero attached hydrogens (tertiary/aromatic N) is 1. The molecule has 0 bridgehead atoms. The molecule has 8 aromatic rings. The lowest BCUT2D eigenvalue weighted by atomic mass is 9.82. The van der Waals surface area contributed by atoms with E-state index in [4.69, 9.17) is 0 Å². The maximum absolute atomic E-state index is 2.59. The van der Waals surface area contributed by atoms with Crippen LogP contribution in [-0.4, -0.2) is 8.07 Å². The van der Waals surface area contributed by atoms with E-state index in [0.717, 1.165) is 5.69 Å². The van der Waals surface area contributed by atoms with Crippen LogP contribution in [0.25, 0.3) is 44.5 Å². The molecule has 250 valence electrons. The molecule has 0 amide bonds. The second kappa shape index (κ2) is 11.1. The van der Waals surface area contributed by atoms with Gasteiger partial charge >= 0.3 is 0 Å². The molecular formula is C51H37NSi. The van der Waals surface area contributed by atoms with Gasteiger partial charge in [-0.25, -0.2) is 0 Å². The van der Waals surface area contributed by atoms with Gasteiger partial charge in [0.15, 0.2) is 8.07 Å². The van der Waals surface area contributed by atoms with E-state index in [0.29, 0.717) is 0 Å². The van der Waals surface area contributed by atoms with Crippen molar-refractivity contribution in [1.29, 1.82) is 0 Å². The molecule has 0 fully saturated rings. The Morgan fingerprint density at radius 2 is 0.792 bits per heavy atom. The lowest BCUT2D eigenvalue weighted by Gasteiger charge is -2.31. The van der Waals surface area contributed by atoms with Crippen molar-refractivity contribution in [2.24, 2.45) is 0 Å². The molecular weight excluding hydrogens is 655 g/mol. The minimum Gasteiger partial charge on any atom is -0.310 e. The summed E-state index contributed by atoms with van der Waals surface area (Å²) in [5.41, 5.74) is 16.9. The highest BCUT2D eigenvalue weighted by Gasteiger charge is 2.54. The van der Waals surface area contributed by atoms with E-state index < -0.39 is 8.07 Å². The third-order valence-electron chi connectivity index (χ3n) is 12.3. The van der Waals surface area contributed by atoms with Crippen LogP contribution in [0.5, 0.6) is 0 Å². The number of rotatable bonds is 4. The van der Waals surface area contributed by atoms with Crippen LogP contribution < -0.4 is 25.6 Å². The first-order valence-electron chi connectivity index (χ1n) is 18.7. The molecule has 0 atom stereocenters. The Bertz CT molecular complexity index is 2700. The summed E-state index contributed by atoms with van der Waals surface area (Å²) in [5.74, 6) is 0. The van der Waals surface area contributed by atoms with Gasteiger partial charge in [0, 0.05) is 22.5 Å². The zero-order valence-electron chi connectivity index (χ0n) is 29.8. The Hall–Kier alpha value is -6.22. The topological polar surface area (TPSA) is 3.24 Å². The molecule has 0 saturated carbocycles. The molecule has 2 heteroatoms. The molecule has 3 aliphatic rings. The fraction of sp³-hybridized carbons (Fsp3) is 0.0588. The van der Waals surface area contributed by atoms with Crippen LogP contribution in [0.15, 0.2) is 188 Å². The molecule has 0 N–H and O–H groups in total. The fourth-order valence-electron chi connectivity index (χ4n) is 9.95. The predicted octanol–water partition coefficient (Wildman–Crippen LogP) is 10.5. The normalized spacial score (nSPS) is 14.5. The van der Waals surface area contributed by atoms with Crippen molar-refractivity contribution in [1.82, 2.24) is 0 Å². The monoisotopic (exact) mass is 691 g/mol. The van der Waals surface area contributed by atoms with Crippen LogP contribution in [0.4, 0.5) is 17.1 Å². The number of hydrogen-bond acceptors (Lipinski definition) is 1. The van der Waals surface area contributed by atoms with Gasteiger partial charge in [0.25, 0.3) is 0 Å². The van der Waals surface area contributed by atoms with Crippen molar-refractivity contribution in [2.75, 3.05) is 4.90 Å². The summed E-state index contributed by atoms with van der Waals surface area (Å²) in [4.78, 5) is 2.49. The molecule has 2 heterocycles. The summed E-state index contributed by atoms with van der Waals surface area (Å²) in [6, 6.07) is 70.8. The Morgan fingerprint density at radius 1 is 0.340 bits per heavy atom. The first-order valence-corrected chi connectivity index (χ1v) is 20.7. The molecule has 1 nitrogen and oxygen atoms in total. The Kier molecular flexibility index (Phi) is 6.39. The zero-order chi connectivity index (χ0) is 35.3. The van der Waals surface area contributed by atoms with Gasteiger partial charge in [-0.15, -0.1) is 0 Å². The molecule has 0 radical (unpaired) electrons. The predicted molar refractivity (Wildman–Crippen MR) is 226 cm³/mol. The van der Waals surface area contributed by atoms with E-state index in [1.54, 1.807) is 0 Å². The molecule has 0 unspecified atom stereocenters. The first-order chi connectivity index (χ1) is 26.0. The van der Waals surface area contributed by atoms with Crippen molar-refractivity contribution in [3.63, 3.8) is 0 Å². The van der Waals surface area contributed by atoms with Gasteiger partial charge in [-0.05, 0) is 113 Å². The molecule has 53 heavy (non-hydrogen) atoms. The summed E-state index contributed by atoms with van der Waals surface area (Å²) < 4.78 is 0. The van der Waals surface area contributed by atoms with Gasteiger partial charge in [0.1, 0.15) is 0 Å². The van der Waals surface area contributed by atoms with Gasteiger partial charge in [-0.2, -0.15) is 0 Å². The van der Waals surface area contributed by atoms with Crippen LogP contribution in [0.1, 0.15) is 25.0 Å². The molecule has 1 aliphatic carbocycles. The molecule has 2 aliphatic heterocycles. The van der Waals surface area contributed by atoms with Crippen molar-refractivity contribution < 1.29 is 0 Å². The van der Waals surface area contributed by atoms with Crippen molar-refractivity contribution in [2.45, 2.75) is 19.3 Å². The molecule has 8 aromatic carbocycles. The summed E-state index contributed by atoms with van der Waals surface area (Å²) in [5, 5.41) is 5.98. The molecule has 0 aromatic heterocycles. The van der Waals surface area contributed by atoms with E-state index in [-0.39, 0.29) is 5.41 Å². The maximum atomic E-state index is 2.55. The smallest absolute Gasteiger partial charge is 0.182 e. The Balaban J connectivity index is 1.16. The SMILES string of the molecule is CC1(C)c2ccccc2-c2cc(N(c3ccc(-c4ccccc4)cc3)c3ccc4c(c3)[Si]3(c5ccccc5-c5ccccc53)c3ccccc3-4)ccc21. The highest BCUT2D eigenvalue weighted by molar-refractivity contribution is 7.24. The summed E-state index contributed by atoms with van der Waals surface area (Å²) in [6.45, 7) is 4.72. The average Bonchev–Trinajstić information content (AvgIpc) is 3.77. The number of fused-ring (bicyclic) bond motifs is 13. The van der Waals surface area contributed by atoms with E-state index in [2.05, 4.69) is 207 Å². The summed E-state index contributed by atoms with van der Waals surface area (Å²) >= 11 is 0. The average molecular weight is 692 g/mol. The third-order valence-corrected chi connectivity index (χ3v) is 17.3. The molecule has 11 rings (SSSR count). The number of hydrogen-bond donors (Lipinski definition) is 0. The highest BCUT2D eigenvalue weighted by Crippen LogP contribution is 2.51. The molecule has 1 spiro atoms. The summed E-state index contributed by atoms with van der Waals surface area (Å²) in [7, 11) is -2.59. The van der Waals surface area contributed by atoms with Crippen molar-refractivity contribution in [3.8, 4) is 44.5 Å². The second-order valence-electron chi connectivity index (χ2n) is 15.3. The van der Waals surface area contributed by atoms with Crippen molar-refractivity contribution >= 4 is 45.9 Å². The van der Waals surface area contributed by atoms with Crippen LogP contribution in [0.3, 0.4) is 0 Å². The lowest BCUT2D eigenvalue weighted by Crippen LogP contribution is -2.70. The largest absolute Gasteiger partial charge is 0.310 e. The van der Waals surface area contributed by atoms with Crippen LogP contribution in [0.2, 0.25) is 0 Å². The Labute approximate surface area is 312 Å². The van der Waals surface area contributed by atoms with Gasteiger partial charge in [0.05, 0.1) is 0 Å². The lowest BCUT2D eigenvalue weighted by molar-refractivity contribution is 0.660. The Morgan fingerprint density at radius 3 is 1.43 bits per heavy atom. The number of benzene rings is 8. The maximum Gasteiger partial charge on any atom is 0.182 e. The van der Waals surface area contributed by atoms with Crippen molar-refractivity contribution in [3.05, 3.63) is 199 Å². The fourth-order valence-corrected chi connectivity index (χ4v) is 15.6. The first kappa shape index (κ1) is 30.4. The quantitative estimate of drug-likeness (QED) is 0.166. The van der Waals surface area contributed by atoms with E-state index in [9.17, 15) is 0 Å². The van der Waals surface area contributed by atoms with Gasteiger partial charge in [0.2, 0.25) is 0 Å².